The second-order valence-electron chi connectivity index (χ2n) is 3.10. The Bertz CT molecular complexity index is 302. The number of aromatic nitrogens is 1. The molecule has 1 fully saturated rings. The average molecular weight is 166 g/mol. The van der Waals surface area contributed by atoms with Crippen molar-refractivity contribution in [2.24, 2.45) is 5.92 Å². The maximum absolute atomic E-state index is 11.2. The first-order chi connectivity index (χ1) is 5.75. The lowest BCUT2D eigenvalue weighted by molar-refractivity contribution is -0.117. The molecule has 2 rings (SSSR count). The van der Waals surface area contributed by atoms with Gasteiger partial charge >= 0.3 is 0 Å². The Morgan fingerprint density at radius 2 is 2.50 bits per heavy atom. The van der Waals surface area contributed by atoms with Gasteiger partial charge in [0.1, 0.15) is 0 Å². The molecule has 0 saturated heterocycles. The minimum absolute atomic E-state index is 0.0474. The van der Waals surface area contributed by atoms with Crippen LogP contribution in [0.15, 0.2) is 10.6 Å². The smallest absolute Gasteiger partial charge is 0.231 e. The number of carbonyl (C=O) groups excluding carboxylic acids is 1. The van der Waals surface area contributed by atoms with Crippen LogP contribution < -0.4 is 5.32 Å². The Labute approximate surface area is 69.9 Å². The third kappa shape index (κ3) is 1.47. The van der Waals surface area contributed by atoms with Crippen LogP contribution in [0, 0.1) is 12.8 Å². The van der Waals surface area contributed by atoms with Crippen molar-refractivity contribution in [1.29, 1.82) is 0 Å². The highest BCUT2D eigenvalue weighted by molar-refractivity contribution is 5.92. The van der Waals surface area contributed by atoms with Crippen LogP contribution >= 0.6 is 0 Å². The Morgan fingerprint density at radius 3 is 3.00 bits per heavy atom. The van der Waals surface area contributed by atoms with Gasteiger partial charge in [0.15, 0.2) is 0 Å². The second-order valence-corrected chi connectivity index (χ2v) is 3.10. The number of aryl methyl sites for hydroxylation is 1. The molecule has 1 aliphatic carbocycles. The van der Waals surface area contributed by atoms with E-state index >= 15 is 0 Å². The summed E-state index contributed by atoms with van der Waals surface area (Å²) in [6, 6.07) is 1.71. The van der Waals surface area contributed by atoms with E-state index in [0.717, 1.165) is 18.5 Å². The molecule has 1 saturated carbocycles. The van der Waals surface area contributed by atoms with Gasteiger partial charge in [-0.2, -0.15) is 0 Å². The predicted octanol–water partition coefficient (Wildman–Crippen LogP) is 1.33. The summed E-state index contributed by atoms with van der Waals surface area (Å²) >= 11 is 0. The van der Waals surface area contributed by atoms with E-state index in [1.807, 2.05) is 6.92 Å². The average Bonchev–Trinajstić information content (AvgIpc) is 2.78. The maximum Gasteiger partial charge on any atom is 0.231 e. The molecule has 0 radical (unpaired) electrons. The summed E-state index contributed by atoms with van der Waals surface area (Å²) in [5.74, 6) is 0.700. The third-order valence-electron chi connectivity index (χ3n) is 1.82. The molecule has 1 aromatic heterocycles. The summed E-state index contributed by atoms with van der Waals surface area (Å²) in [5.41, 5.74) is 0.779. The number of anilines is 1. The van der Waals surface area contributed by atoms with Gasteiger partial charge in [-0.25, -0.2) is 0 Å². The number of nitrogens with zero attached hydrogens (tertiary/aromatic N) is 1. The molecule has 0 aromatic carbocycles. The van der Waals surface area contributed by atoms with E-state index < -0.39 is 0 Å². The van der Waals surface area contributed by atoms with E-state index in [4.69, 9.17) is 4.52 Å². The van der Waals surface area contributed by atoms with E-state index in [1.165, 1.54) is 0 Å². The first-order valence-corrected chi connectivity index (χ1v) is 4.00. The molecule has 1 aliphatic rings. The maximum atomic E-state index is 11.2. The van der Waals surface area contributed by atoms with Gasteiger partial charge in [-0.15, -0.1) is 0 Å². The standard InChI is InChI=1S/C8H10N2O2/c1-5-4-7(12-10-5)9-8(11)6-2-3-6/h4,6H,2-3H2,1H3,(H,9,11). The molecule has 0 atom stereocenters. The van der Waals surface area contributed by atoms with Gasteiger partial charge in [0.2, 0.25) is 11.8 Å². The molecule has 1 N–H and O–H groups in total. The fourth-order valence-corrected chi connectivity index (χ4v) is 0.992. The summed E-state index contributed by atoms with van der Waals surface area (Å²) in [6.45, 7) is 1.82. The molecule has 4 heteroatoms. The number of hydrogen-bond acceptors (Lipinski definition) is 3. The van der Waals surface area contributed by atoms with Crippen molar-refractivity contribution in [3.05, 3.63) is 11.8 Å². The van der Waals surface area contributed by atoms with Gasteiger partial charge in [0, 0.05) is 12.0 Å². The molecule has 0 spiro atoms. The fourth-order valence-electron chi connectivity index (χ4n) is 0.992. The van der Waals surface area contributed by atoms with E-state index in [9.17, 15) is 4.79 Å². The summed E-state index contributed by atoms with van der Waals surface area (Å²) in [4.78, 5) is 11.2. The summed E-state index contributed by atoms with van der Waals surface area (Å²) < 4.78 is 4.83. The molecule has 0 aliphatic heterocycles. The topological polar surface area (TPSA) is 55.1 Å². The third-order valence-corrected chi connectivity index (χ3v) is 1.82. The Balaban J connectivity index is 1.98. The van der Waals surface area contributed by atoms with Crippen molar-refractivity contribution in [2.45, 2.75) is 19.8 Å². The van der Waals surface area contributed by atoms with Gasteiger partial charge in [-0.05, 0) is 19.8 Å². The highest BCUT2D eigenvalue weighted by Gasteiger charge is 2.30. The highest BCUT2D eigenvalue weighted by atomic mass is 16.5. The Morgan fingerprint density at radius 1 is 1.75 bits per heavy atom. The summed E-state index contributed by atoms with van der Waals surface area (Å²) in [6.07, 6.45) is 2.00. The minimum atomic E-state index is 0.0474. The molecule has 0 bridgehead atoms. The van der Waals surface area contributed by atoms with Crippen molar-refractivity contribution in [1.82, 2.24) is 5.16 Å². The zero-order chi connectivity index (χ0) is 8.55. The number of carbonyl (C=O) groups is 1. The number of hydrogen-bond donors (Lipinski definition) is 1. The molecule has 1 amide bonds. The van der Waals surface area contributed by atoms with Crippen LogP contribution in [0.4, 0.5) is 5.88 Å². The van der Waals surface area contributed by atoms with E-state index in [0.29, 0.717) is 5.88 Å². The minimum Gasteiger partial charge on any atom is -0.338 e. The zero-order valence-corrected chi connectivity index (χ0v) is 6.83. The van der Waals surface area contributed by atoms with Gasteiger partial charge in [0.25, 0.3) is 0 Å². The Kier molecular flexibility index (Phi) is 1.60. The molecular formula is C8H10N2O2. The molecular weight excluding hydrogens is 156 g/mol. The molecule has 0 unspecified atom stereocenters. The first kappa shape index (κ1) is 7.34. The van der Waals surface area contributed by atoms with Gasteiger partial charge < -0.3 is 4.52 Å². The van der Waals surface area contributed by atoms with Crippen LogP contribution in [0.2, 0.25) is 0 Å². The molecule has 12 heavy (non-hydrogen) atoms. The van der Waals surface area contributed by atoms with Crippen LogP contribution in [0.1, 0.15) is 18.5 Å². The largest absolute Gasteiger partial charge is 0.338 e. The lowest BCUT2D eigenvalue weighted by Crippen LogP contribution is -2.12. The van der Waals surface area contributed by atoms with Crippen molar-refractivity contribution in [3.63, 3.8) is 0 Å². The zero-order valence-electron chi connectivity index (χ0n) is 6.83. The number of amides is 1. The lowest BCUT2D eigenvalue weighted by atomic mass is 10.4. The monoisotopic (exact) mass is 166 g/mol. The normalized spacial score (nSPS) is 16.1. The van der Waals surface area contributed by atoms with Crippen LogP contribution in [0.25, 0.3) is 0 Å². The van der Waals surface area contributed by atoms with Gasteiger partial charge in [-0.3, -0.25) is 10.1 Å². The van der Waals surface area contributed by atoms with Crippen molar-refractivity contribution in [2.75, 3.05) is 5.32 Å². The molecule has 1 aromatic rings. The van der Waals surface area contributed by atoms with Crippen molar-refractivity contribution in [3.8, 4) is 0 Å². The predicted molar refractivity (Wildman–Crippen MR) is 42.6 cm³/mol. The quantitative estimate of drug-likeness (QED) is 0.721. The molecule has 1 heterocycles. The number of nitrogens with one attached hydrogen (secondary N) is 1. The van der Waals surface area contributed by atoms with Crippen molar-refractivity contribution >= 4 is 11.8 Å². The van der Waals surface area contributed by atoms with Crippen LogP contribution in [-0.2, 0) is 4.79 Å². The lowest BCUT2D eigenvalue weighted by Gasteiger charge is -1.95. The Hall–Kier alpha value is -1.32. The summed E-state index contributed by atoms with van der Waals surface area (Å²) in [7, 11) is 0. The van der Waals surface area contributed by atoms with E-state index in [1.54, 1.807) is 6.07 Å². The van der Waals surface area contributed by atoms with Crippen molar-refractivity contribution < 1.29 is 9.32 Å². The van der Waals surface area contributed by atoms with Gasteiger partial charge in [0.05, 0.1) is 5.69 Å². The van der Waals surface area contributed by atoms with E-state index in [2.05, 4.69) is 10.5 Å². The van der Waals surface area contributed by atoms with Gasteiger partial charge in [-0.1, -0.05) is 5.16 Å². The highest BCUT2D eigenvalue weighted by Crippen LogP contribution is 2.30. The number of rotatable bonds is 2. The van der Waals surface area contributed by atoms with Crippen LogP contribution in [0.5, 0.6) is 0 Å². The van der Waals surface area contributed by atoms with Crippen LogP contribution in [0.3, 0.4) is 0 Å². The van der Waals surface area contributed by atoms with Crippen LogP contribution in [-0.4, -0.2) is 11.1 Å². The molecule has 4 nitrogen and oxygen atoms in total. The fraction of sp³-hybridized carbons (Fsp3) is 0.500. The second kappa shape index (κ2) is 2.62. The molecule has 64 valence electrons. The van der Waals surface area contributed by atoms with E-state index in [-0.39, 0.29) is 11.8 Å². The SMILES string of the molecule is Cc1cc(NC(=O)C2CC2)on1. The summed E-state index contributed by atoms with van der Waals surface area (Å²) in [5, 5.41) is 6.32. The first-order valence-electron chi connectivity index (χ1n) is 4.00.